The molecule has 0 saturated carbocycles. The van der Waals surface area contributed by atoms with Gasteiger partial charge in [-0.2, -0.15) is 12.2 Å². The molecular weight excluding hydrogens is 322 g/mol. The Hall–Kier alpha value is 0.640. The van der Waals surface area contributed by atoms with Crippen molar-refractivity contribution in [3.63, 3.8) is 0 Å². The van der Waals surface area contributed by atoms with Crippen LogP contribution in [0.15, 0.2) is 34.7 Å². The summed E-state index contributed by atoms with van der Waals surface area (Å²) in [4.78, 5) is 0. The number of allylic oxidation sites excluding steroid dienone is 8. The summed E-state index contributed by atoms with van der Waals surface area (Å²) in [5.41, 5.74) is 0. The number of hydrogen-bond donors (Lipinski definition) is 0. The van der Waals surface area contributed by atoms with Crippen molar-refractivity contribution in [1.29, 1.82) is 0 Å². The fraction of sp³-hybridized carbons (Fsp3) is 0.182. The molecule has 0 fully saturated rings. The first-order chi connectivity index (χ1) is 5.45. The molecule has 0 aliphatic heterocycles. The third-order valence-electron chi connectivity index (χ3n) is 1.91. The van der Waals surface area contributed by atoms with Crippen molar-refractivity contribution in [2.24, 2.45) is 0 Å². The van der Waals surface area contributed by atoms with Crippen molar-refractivity contribution in [1.82, 2.24) is 0 Å². The van der Waals surface area contributed by atoms with Gasteiger partial charge >= 0.3 is 26.2 Å². The van der Waals surface area contributed by atoms with Gasteiger partial charge < -0.3 is 32.2 Å². The van der Waals surface area contributed by atoms with Gasteiger partial charge in [-0.1, -0.05) is 0 Å². The van der Waals surface area contributed by atoms with Crippen LogP contribution in [0.2, 0.25) is 0 Å². The Morgan fingerprint density at radius 2 is 1.33 bits per heavy atom. The van der Waals surface area contributed by atoms with Crippen LogP contribution in [0.3, 0.4) is 0 Å². The molecule has 0 saturated heterocycles. The fourth-order valence-corrected chi connectivity index (χ4v) is 2.87. The van der Waals surface area contributed by atoms with Gasteiger partial charge in [-0.15, -0.1) is 12.8 Å². The first-order valence-corrected chi connectivity index (χ1v) is 5.39. The molecular formula is C11H13Cl2SiZr-3. The standard InChI is InChI=1S/C10H10Si.CH3.2ClH.Zr/c1-2-6-9(5-1)11-10-7-3-4-8-10;;;;/h1,3,5,7H,2,4,11H2;1H3;2*1H;/q-2;-1;;;+2/p-2. The van der Waals surface area contributed by atoms with Gasteiger partial charge in [0.05, 0.1) is 0 Å². The van der Waals surface area contributed by atoms with E-state index in [1.54, 1.807) is 0 Å². The van der Waals surface area contributed by atoms with Crippen molar-refractivity contribution in [3.05, 3.63) is 54.3 Å². The Morgan fingerprint density at radius 1 is 0.933 bits per heavy atom. The summed E-state index contributed by atoms with van der Waals surface area (Å²) < 4.78 is 0. The van der Waals surface area contributed by atoms with Crippen LogP contribution in [-0.2, 0) is 26.2 Å². The maximum Gasteiger partial charge on any atom is 2.00 e. The summed E-state index contributed by atoms with van der Waals surface area (Å²) in [5, 5.41) is 2.91. The Labute approximate surface area is 127 Å². The van der Waals surface area contributed by atoms with E-state index in [1.807, 2.05) is 0 Å². The molecule has 82 valence electrons. The molecule has 0 atom stereocenters. The molecule has 0 N–H and O–H groups in total. The van der Waals surface area contributed by atoms with E-state index in [4.69, 9.17) is 0 Å². The van der Waals surface area contributed by atoms with E-state index >= 15 is 0 Å². The third-order valence-corrected chi connectivity index (χ3v) is 3.65. The van der Waals surface area contributed by atoms with Gasteiger partial charge in [0.15, 0.2) is 0 Å². The molecule has 0 spiro atoms. The summed E-state index contributed by atoms with van der Waals surface area (Å²) in [7, 11) is -0.198. The first-order valence-electron chi connectivity index (χ1n) is 3.97. The van der Waals surface area contributed by atoms with Crippen LogP contribution in [0.1, 0.15) is 12.8 Å². The minimum Gasteiger partial charge on any atom is -1.00 e. The molecule has 0 bridgehead atoms. The van der Waals surface area contributed by atoms with Gasteiger partial charge in [-0.25, -0.2) is 22.5 Å². The molecule has 0 amide bonds. The van der Waals surface area contributed by atoms with E-state index in [1.165, 1.54) is 10.4 Å². The van der Waals surface area contributed by atoms with Gasteiger partial charge in [-0.3, -0.25) is 12.2 Å². The van der Waals surface area contributed by atoms with Crippen LogP contribution in [0, 0.1) is 19.6 Å². The van der Waals surface area contributed by atoms with Crippen LogP contribution >= 0.6 is 0 Å². The zero-order valence-corrected chi connectivity index (χ0v) is 14.1. The van der Waals surface area contributed by atoms with E-state index in [2.05, 4.69) is 36.5 Å². The van der Waals surface area contributed by atoms with Gasteiger partial charge in [0.25, 0.3) is 0 Å². The molecule has 2 rings (SSSR count). The smallest absolute Gasteiger partial charge is 1.00 e. The van der Waals surface area contributed by atoms with Crippen molar-refractivity contribution < 1.29 is 51.0 Å². The summed E-state index contributed by atoms with van der Waals surface area (Å²) >= 11 is 0. The van der Waals surface area contributed by atoms with E-state index in [0.717, 1.165) is 12.8 Å². The zero-order valence-electron chi connectivity index (χ0n) is 8.69. The van der Waals surface area contributed by atoms with Crippen LogP contribution in [0.25, 0.3) is 0 Å². The molecule has 0 nitrogen and oxygen atoms in total. The number of halogens is 2. The monoisotopic (exact) mass is 333 g/mol. The minimum atomic E-state index is -0.198. The average Bonchev–Trinajstić information content (AvgIpc) is 2.60. The fourth-order valence-electron chi connectivity index (χ4n) is 1.35. The van der Waals surface area contributed by atoms with Gasteiger partial charge in [0.1, 0.15) is 0 Å². The second-order valence-electron chi connectivity index (χ2n) is 2.79. The summed E-state index contributed by atoms with van der Waals surface area (Å²) in [6.07, 6.45) is 17.6. The van der Waals surface area contributed by atoms with Crippen molar-refractivity contribution in [3.8, 4) is 0 Å². The van der Waals surface area contributed by atoms with Crippen molar-refractivity contribution in [2.75, 3.05) is 0 Å². The molecule has 2 aliphatic rings. The molecule has 0 aromatic rings. The maximum absolute atomic E-state index is 3.36. The van der Waals surface area contributed by atoms with Gasteiger partial charge in [0, 0.05) is 9.52 Å². The van der Waals surface area contributed by atoms with Crippen molar-refractivity contribution >= 4 is 9.52 Å². The predicted molar refractivity (Wildman–Crippen MR) is 56.0 cm³/mol. The van der Waals surface area contributed by atoms with Crippen molar-refractivity contribution in [2.45, 2.75) is 12.8 Å². The molecule has 0 heterocycles. The Bertz CT molecular complexity index is 252. The van der Waals surface area contributed by atoms with E-state index in [0.29, 0.717) is 0 Å². The molecule has 15 heavy (non-hydrogen) atoms. The molecule has 2 aliphatic carbocycles. The second-order valence-corrected chi connectivity index (χ2v) is 4.67. The van der Waals surface area contributed by atoms with E-state index in [-0.39, 0.29) is 68.0 Å². The van der Waals surface area contributed by atoms with Gasteiger partial charge in [-0.05, 0) is 0 Å². The van der Waals surface area contributed by atoms with Crippen LogP contribution in [0.5, 0.6) is 0 Å². The number of hydrogen-bond acceptors (Lipinski definition) is 0. The summed E-state index contributed by atoms with van der Waals surface area (Å²) in [6, 6.07) is 0. The van der Waals surface area contributed by atoms with E-state index < -0.39 is 0 Å². The predicted octanol–water partition coefficient (Wildman–Crippen LogP) is -4.10. The number of rotatable bonds is 2. The molecule has 0 radical (unpaired) electrons. The van der Waals surface area contributed by atoms with E-state index in [9.17, 15) is 0 Å². The van der Waals surface area contributed by atoms with Crippen LogP contribution < -0.4 is 24.8 Å². The molecule has 0 unspecified atom stereocenters. The largest absolute Gasteiger partial charge is 2.00 e. The van der Waals surface area contributed by atoms with Crippen LogP contribution in [-0.4, -0.2) is 9.52 Å². The second kappa shape index (κ2) is 11.1. The third kappa shape index (κ3) is 6.73. The van der Waals surface area contributed by atoms with Gasteiger partial charge in [0.2, 0.25) is 0 Å². The first kappa shape index (κ1) is 21.0. The zero-order chi connectivity index (χ0) is 7.52. The Kier molecular flexibility index (Phi) is 15.6. The molecule has 4 heteroatoms. The molecule has 0 aromatic heterocycles. The SMILES string of the molecule is [C-]1=C([SiH2]C2=[C-]CC=C2)C=CC1.[CH3-].[Cl-].[Cl-].[Zr+2]. The normalized spacial score (nSPS) is 15.2. The topological polar surface area (TPSA) is 0 Å². The minimum absolute atomic E-state index is 0. The average molecular weight is 335 g/mol. The maximum atomic E-state index is 3.36. The summed E-state index contributed by atoms with van der Waals surface area (Å²) in [6.45, 7) is 0. The quantitative estimate of drug-likeness (QED) is 0.356. The Balaban J connectivity index is -0.000000360. The molecule has 0 aromatic carbocycles. The summed E-state index contributed by atoms with van der Waals surface area (Å²) in [5.74, 6) is 0. The Morgan fingerprint density at radius 3 is 1.60 bits per heavy atom. The van der Waals surface area contributed by atoms with Crippen LogP contribution in [0.4, 0.5) is 0 Å².